The summed E-state index contributed by atoms with van der Waals surface area (Å²) in [5.74, 6) is 0.320. The molecule has 2 rings (SSSR count). The van der Waals surface area contributed by atoms with Gasteiger partial charge in [0.15, 0.2) is 0 Å². The predicted octanol–water partition coefficient (Wildman–Crippen LogP) is 2.26. The minimum absolute atomic E-state index is 0.267. The molecule has 0 radical (unpaired) electrons. The van der Waals surface area contributed by atoms with Crippen LogP contribution in [0.5, 0.6) is 0 Å². The molecule has 1 atom stereocenters. The van der Waals surface area contributed by atoms with Gasteiger partial charge in [0.2, 0.25) is 0 Å². The zero-order chi connectivity index (χ0) is 11.5. The summed E-state index contributed by atoms with van der Waals surface area (Å²) in [5, 5.41) is 0.463. The maximum absolute atomic E-state index is 13.1. The lowest BCUT2D eigenvalue weighted by molar-refractivity contribution is 0.317. The van der Waals surface area contributed by atoms with Crippen molar-refractivity contribution in [3.8, 4) is 0 Å². The Balaban J connectivity index is 1.99. The maximum Gasteiger partial charge on any atom is 0.125 e. The van der Waals surface area contributed by atoms with Crippen molar-refractivity contribution in [2.24, 2.45) is 11.7 Å². The number of nitrogens with two attached hydrogens (primary N) is 1. The summed E-state index contributed by atoms with van der Waals surface area (Å²) in [6.07, 6.45) is 1.14. The van der Waals surface area contributed by atoms with Crippen LogP contribution in [0.2, 0.25) is 5.02 Å². The number of hydrogen-bond donors (Lipinski definition) is 1. The van der Waals surface area contributed by atoms with Crippen LogP contribution >= 0.6 is 11.6 Å². The molecular weight excluding hydrogens is 227 g/mol. The van der Waals surface area contributed by atoms with Gasteiger partial charge in [0.1, 0.15) is 5.82 Å². The fourth-order valence-corrected chi connectivity index (χ4v) is 2.45. The molecule has 0 bridgehead atoms. The van der Waals surface area contributed by atoms with E-state index in [2.05, 4.69) is 4.90 Å². The third-order valence-electron chi connectivity index (χ3n) is 3.03. The van der Waals surface area contributed by atoms with Crippen LogP contribution in [-0.4, -0.2) is 24.5 Å². The Bertz CT molecular complexity index is 350. The minimum atomic E-state index is -0.267. The molecule has 0 saturated carbocycles. The summed E-state index contributed by atoms with van der Waals surface area (Å²) >= 11 is 5.81. The highest BCUT2D eigenvalue weighted by atomic mass is 35.5. The van der Waals surface area contributed by atoms with E-state index in [0.29, 0.717) is 10.9 Å². The van der Waals surface area contributed by atoms with Gasteiger partial charge in [0.05, 0.1) is 0 Å². The second-order valence-electron chi connectivity index (χ2n) is 4.40. The molecule has 1 heterocycles. The topological polar surface area (TPSA) is 29.3 Å². The first kappa shape index (κ1) is 11.8. The first-order chi connectivity index (χ1) is 7.67. The highest BCUT2D eigenvalue weighted by Crippen LogP contribution is 2.20. The Morgan fingerprint density at radius 3 is 2.88 bits per heavy atom. The molecule has 1 aromatic rings. The van der Waals surface area contributed by atoms with Crippen molar-refractivity contribution in [3.05, 3.63) is 34.6 Å². The van der Waals surface area contributed by atoms with Crippen LogP contribution in [-0.2, 0) is 6.54 Å². The van der Waals surface area contributed by atoms with Gasteiger partial charge in [0, 0.05) is 18.1 Å². The van der Waals surface area contributed by atoms with Gasteiger partial charge in [-0.05, 0) is 49.2 Å². The Morgan fingerprint density at radius 2 is 2.25 bits per heavy atom. The zero-order valence-electron chi connectivity index (χ0n) is 9.13. The number of benzene rings is 1. The largest absolute Gasteiger partial charge is 0.330 e. The van der Waals surface area contributed by atoms with E-state index in [1.165, 1.54) is 6.07 Å². The van der Waals surface area contributed by atoms with Gasteiger partial charge < -0.3 is 5.73 Å². The molecule has 0 spiro atoms. The van der Waals surface area contributed by atoms with Gasteiger partial charge in [-0.15, -0.1) is 0 Å². The number of hydrogen-bond acceptors (Lipinski definition) is 2. The lowest BCUT2D eigenvalue weighted by Crippen LogP contribution is -2.22. The van der Waals surface area contributed by atoms with E-state index < -0.39 is 0 Å². The molecule has 88 valence electrons. The Morgan fingerprint density at radius 1 is 1.44 bits per heavy atom. The van der Waals surface area contributed by atoms with Gasteiger partial charge in [-0.25, -0.2) is 4.39 Å². The fraction of sp³-hybridized carbons (Fsp3) is 0.500. The molecule has 1 aliphatic rings. The van der Waals surface area contributed by atoms with Crippen molar-refractivity contribution in [1.29, 1.82) is 0 Å². The number of rotatable bonds is 3. The van der Waals surface area contributed by atoms with Gasteiger partial charge in [-0.1, -0.05) is 11.6 Å². The van der Waals surface area contributed by atoms with Gasteiger partial charge in [-0.3, -0.25) is 4.90 Å². The van der Waals surface area contributed by atoms with Crippen LogP contribution in [0.25, 0.3) is 0 Å². The minimum Gasteiger partial charge on any atom is -0.330 e. The van der Waals surface area contributed by atoms with E-state index in [-0.39, 0.29) is 5.82 Å². The van der Waals surface area contributed by atoms with Crippen molar-refractivity contribution in [1.82, 2.24) is 4.90 Å². The second-order valence-corrected chi connectivity index (χ2v) is 4.84. The van der Waals surface area contributed by atoms with Crippen LogP contribution in [0, 0.1) is 11.7 Å². The molecule has 0 amide bonds. The van der Waals surface area contributed by atoms with Crippen LogP contribution in [0.4, 0.5) is 4.39 Å². The Kier molecular flexibility index (Phi) is 3.79. The van der Waals surface area contributed by atoms with Crippen molar-refractivity contribution in [2.45, 2.75) is 13.0 Å². The van der Waals surface area contributed by atoms with Crippen LogP contribution in [0.15, 0.2) is 18.2 Å². The molecule has 1 saturated heterocycles. The maximum atomic E-state index is 13.1. The summed E-state index contributed by atoms with van der Waals surface area (Å²) in [7, 11) is 0. The third kappa shape index (κ3) is 2.94. The van der Waals surface area contributed by atoms with E-state index in [9.17, 15) is 4.39 Å². The first-order valence-electron chi connectivity index (χ1n) is 5.55. The van der Waals surface area contributed by atoms with Crippen molar-refractivity contribution in [2.75, 3.05) is 19.6 Å². The lowest BCUT2D eigenvalue weighted by Gasteiger charge is -2.15. The molecule has 16 heavy (non-hydrogen) atoms. The Labute approximate surface area is 100 Å². The smallest absolute Gasteiger partial charge is 0.125 e. The zero-order valence-corrected chi connectivity index (χ0v) is 9.88. The van der Waals surface area contributed by atoms with Crippen LogP contribution in [0.1, 0.15) is 12.0 Å². The Hall–Kier alpha value is -0.640. The number of likely N-dealkylation sites (tertiary alicyclic amines) is 1. The van der Waals surface area contributed by atoms with Gasteiger partial charge >= 0.3 is 0 Å². The molecule has 2 nitrogen and oxygen atoms in total. The van der Waals surface area contributed by atoms with Crippen LogP contribution in [0.3, 0.4) is 0 Å². The molecular formula is C12H16ClFN2. The number of nitrogens with zero attached hydrogens (tertiary/aromatic N) is 1. The molecule has 1 aromatic carbocycles. The van der Waals surface area contributed by atoms with Gasteiger partial charge in [0.25, 0.3) is 0 Å². The SMILES string of the molecule is NCC1CCN(Cc2cc(F)cc(Cl)c2)C1. The molecule has 1 unspecified atom stereocenters. The second kappa shape index (κ2) is 5.13. The van der Waals surface area contributed by atoms with E-state index in [0.717, 1.165) is 38.2 Å². The van der Waals surface area contributed by atoms with Crippen molar-refractivity contribution < 1.29 is 4.39 Å². The summed E-state index contributed by atoms with van der Waals surface area (Å²) in [5.41, 5.74) is 6.56. The molecule has 0 aromatic heterocycles. The molecule has 0 aliphatic carbocycles. The molecule has 4 heteroatoms. The summed E-state index contributed by atoms with van der Waals surface area (Å²) < 4.78 is 13.1. The lowest BCUT2D eigenvalue weighted by atomic mass is 10.1. The standard InChI is InChI=1S/C12H16ClFN2/c13-11-3-10(4-12(14)5-11)8-16-2-1-9(6-15)7-16/h3-5,9H,1-2,6-8,15H2. The fourth-order valence-electron chi connectivity index (χ4n) is 2.21. The summed E-state index contributed by atoms with van der Waals surface area (Å²) in [6, 6.07) is 4.69. The quantitative estimate of drug-likeness (QED) is 0.881. The van der Waals surface area contributed by atoms with E-state index >= 15 is 0 Å². The highest BCUT2D eigenvalue weighted by molar-refractivity contribution is 6.30. The van der Waals surface area contributed by atoms with Crippen molar-refractivity contribution in [3.63, 3.8) is 0 Å². The highest BCUT2D eigenvalue weighted by Gasteiger charge is 2.21. The third-order valence-corrected chi connectivity index (χ3v) is 3.25. The summed E-state index contributed by atoms with van der Waals surface area (Å²) in [6.45, 7) is 3.54. The molecule has 1 fully saturated rings. The van der Waals surface area contributed by atoms with E-state index in [1.807, 2.05) is 6.07 Å². The number of halogens is 2. The van der Waals surface area contributed by atoms with Gasteiger partial charge in [-0.2, -0.15) is 0 Å². The monoisotopic (exact) mass is 242 g/mol. The molecule has 1 aliphatic heterocycles. The first-order valence-corrected chi connectivity index (χ1v) is 5.92. The molecule has 2 N–H and O–H groups in total. The predicted molar refractivity (Wildman–Crippen MR) is 63.8 cm³/mol. The van der Waals surface area contributed by atoms with Crippen molar-refractivity contribution >= 4 is 11.6 Å². The van der Waals surface area contributed by atoms with E-state index in [4.69, 9.17) is 17.3 Å². The van der Waals surface area contributed by atoms with E-state index in [1.54, 1.807) is 6.07 Å². The average Bonchev–Trinajstić information content (AvgIpc) is 2.64. The summed E-state index contributed by atoms with van der Waals surface area (Å²) in [4.78, 5) is 2.29. The van der Waals surface area contributed by atoms with Crippen LogP contribution < -0.4 is 5.73 Å². The average molecular weight is 243 g/mol. The normalized spacial score (nSPS) is 21.6.